The van der Waals surface area contributed by atoms with E-state index in [1.165, 1.54) is 153 Å². The molecule has 9 aromatic heterocycles. The molecular weight excluding hydrogens is 1850 g/mol. The highest BCUT2D eigenvalue weighted by Gasteiger charge is 2.44. The van der Waals surface area contributed by atoms with Gasteiger partial charge < -0.3 is 9.80 Å². The van der Waals surface area contributed by atoms with E-state index in [9.17, 15) is 4.79 Å². The summed E-state index contributed by atoms with van der Waals surface area (Å²) >= 11 is 0. The third kappa shape index (κ3) is 40.8. The first kappa shape index (κ1) is 124. The lowest BCUT2D eigenvalue weighted by Crippen LogP contribution is -2.41. The van der Waals surface area contributed by atoms with Crippen LogP contribution in [0.2, 0.25) is 0 Å². The van der Waals surface area contributed by atoms with Gasteiger partial charge >= 0.3 is 0 Å². The van der Waals surface area contributed by atoms with Crippen molar-refractivity contribution in [2.24, 2.45) is 118 Å². The van der Waals surface area contributed by atoms with Crippen LogP contribution in [0.25, 0.3) is 0 Å². The van der Waals surface area contributed by atoms with Crippen LogP contribution in [0.15, 0.2) is 112 Å². The maximum absolute atomic E-state index is 12.0. The second kappa shape index (κ2) is 60.0. The molecule has 9 aromatic rings. The van der Waals surface area contributed by atoms with Gasteiger partial charge in [-0.25, -0.2) is 0 Å². The molecule has 9 fully saturated rings. The largest absolute Gasteiger partial charge is 0.342 e. The Balaban J connectivity index is 0.000000173. The Morgan fingerprint density at radius 3 is 0.660 bits per heavy atom. The van der Waals surface area contributed by atoms with E-state index in [2.05, 4.69) is 406 Å². The standard InChI is InChI=1S/C16H27N3O.C15H27N3.C15H26N2.2C14H25N3.C14H24N2.3C13H22N2/c1-12(2)9-14-10-17-19(11-14)15-5-7-18(8-6-15)16(20)13(3)4;1-12(2)9-14-10-16-18(11-14)15-5-7-17(8-6-15)13(3)4;1-11(2)7-13-9-16-17(10-13)15-6-5-14(8-15)12(3)4;2*1-11(2)7-13-8-15-17(9-13)14-5-6-16(10-14)12(3)4;1-10(2)5-12-8-15-16(9-12)14-6-13(7-14)11(3)4;3*1-9(2)5-11-7-14-15(8-11)13-6-12(13)10(3)4/h10-13,15H,5-9H2,1-4H3;10-13,15H,5-9H2,1-4H3;9-12,14-15H,5-8H2,1-4H3;2*8-9,11-12,14H,5-7,10H2,1-4H3;8-11,13-14H,5-7H2,1-4H3;3*7-10,12-13H,5-6H2,1-4H3/t;;;2*14-;;12-,13+;2*12-,13-/m...10.010/s1. The molecule has 23 nitrogen and oxygen atoms in total. The van der Waals surface area contributed by atoms with Gasteiger partial charge in [-0.2, -0.15) is 45.9 Å². The van der Waals surface area contributed by atoms with Crippen molar-refractivity contribution in [1.29, 1.82) is 0 Å². The van der Waals surface area contributed by atoms with E-state index in [0.29, 0.717) is 96.2 Å². The Morgan fingerprint density at radius 2 is 0.440 bits per heavy atom. The smallest absolute Gasteiger partial charge is 0.225 e. The van der Waals surface area contributed by atoms with E-state index in [-0.39, 0.29) is 11.8 Å². The van der Waals surface area contributed by atoms with E-state index in [1.807, 2.05) is 62.1 Å². The monoisotopic (exact) mass is 2070 g/mol. The molecule has 2 unspecified atom stereocenters. The maximum atomic E-state index is 12.0. The van der Waals surface area contributed by atoms with Gasteiger partial charge in [-0.3, -0.25) is 56.7 Å². The second-order valence-corrected chi connectivity index (χ2v) is 54.2. The highest BCUT2D eigenvalue weighted by molar-refractivity contribution is 5.78. The number of amides is 1. The molecule has 18 rings (SSSR count). The van der Waals surface area contributed by atoms with Crippen LogP contribution in [0.1, 0.15) is 444 Å². The fourth-order valence-corrected chi connectivity index (χ4v) is 23.5. The highest BCUT2D eigenvalue weighted by atomic mass is 16.2. The zero-order valence-corrected chi connectivity index (χ0v) is 102. The number of carbonyl (C=O) groups excluding carboxylic acids is 1. The Bertz CT molecular complexity index is 4860. The molecule has 0 radical (unpaired) electrons. The third-order valence-electron chi connectivity index (χ3n) is 32.8. The number of likely N-dealkylation sites (tertiary alicyclic amines) is 4. The molecule has 0 spiro atoms. The van der Waals surface area contributed by atoms with Crippen LogP contribution in [-0.4, -0.2) is 184 Å². The molecule has 9 aliphatic rings. The van der Waals surface area contributed by atoms with Crippen LogP contribution in [0.3, 0.4) is 0 Å². The summed E-state index contributed by atoms with van der Waals surface area (Å²) in [5, 5.41) is 40.6. The molecule has 4 aliphatic heterocycles. The molecule has 4 saturated heterocycles. The zero-order valence-electron chi connectivity index (χ0n) is 102. The minimum Gasteiger partial charge on any atom is -0.342 e. The quantitative estimate of drug-likeness (QED) is 0.0361. The summed E-state index contributed by atoms with van der Waals surface area (Å²) in [6.07, 6.45) is 66.4. The number of hydrogen-bond donors (Lipinski definition) is 0. The maximum Gasteiger partial charge on any atom is 0.225 e. The van der Waals surface area contributed by atoms with Gasteiger partial charge in [0, 0.05) is 132 Å². The topological polar surface area (TPSA) is 190 Å². The van der Waals surface area contributed by atoms with Gasteiger partial charge in [-0.15, -0.1) is 0 Å². The van der Waals surface area contributed by atoms with Crippen LogP contribution in [0, 0.1) is 118 Å². The molecule has 844 valence electrons. The summed E-state index contributed by atoms with van der Waals surface area (Å²) in [7, 11) is 0. The molecular formula is C127H220N22O. The van der Waals surface area contributed by atoms with Crippen LogP contribution < -0.4 is 0 Å². The van der Waals surface area contributed by atoms with Gasteiger partial charge in [-0.1, -0.05) is 208 Å². The minimum absolute atomic E-state index is 0.105. The predicted molar refractivity (Wildman–Crippen MR) is 626 cm³/mol. The van der Waals surface area contributed by atoms with Crippen LogP contribution in [0.4, 0.5) is 0 Å². The minimum atomic E-state index is 0.105. The van der Waals surface area contributed by atoms with Crippen molar-refractivity contribution in [2.45, 2.75) is 469 Å². The van der Waals surface area contributed by atoms with E-state index in [4.69, 9.17) is 0 Å². The highest BCUT2D eigenvalue weighted by Crippen LogP contribution is 2.51. The van der Waals surface area contributed by atoms with Gasteiger partial charge in [0.05, 0.1) is 110 Å². The average Bonchev–Trinajstić information content (AvgIpc) is 1.64. The Hall–Kier alpha value is -7.76. The van der Waals surface area contributed by atoms with Crippen molar-refractivity contribution >= 4 is 5.91 Å². The lowest BCUT2D eigenvalue weighted by Gasteiger charge is -2.38. The molecule has 150 heavy (non-hydrogen) atoms. The van der Waals surface area contributed by atoms with Crippen molar-refractivity contribution in [3.8, 4) is 0 Å². The molecule has 0 N–H and O–H groups in total. The number of carbonyl (C=O) groups is 1. The molecule has 1 amide bonds. The third-order valence-corrected chi connectivity index (χ3v) is 32.8. The molecule has 10 atom stereocenters. The van der Waals surface area contributed by atoms with Crippen LogP contribution in [-0.2, 0) is 62.6 Å². The number of piperidine rings is 2. The zero-order chi connectivity index (χ0) is 110. The van der Waals surface area contributed by atoms with Crippen molar-refractivity contribution < 1.29 is 4.79 Å². The molecule has 13 heterocycles. The average molecular weight is 2070 g/mol. The van der Waals surface area contributed by atoms with E-state index >= 15 is 0 Å². The van der Waals surface area contributed by atoms with Gasteiger partial charge in [0.1, 0.15) is 0 Å². The predicted octanol–water partition coefficient (Wildman–Crippen LogP) is 29.2. The summed E-state index contributed by atoms with van der Waals surface area (Å²) < 4.78 is 19.6. The van der Waals surface area contributed by atoms with Gasteiger partial charge in [0.15, 0.2) is 0 Å². The van der Waals surface area contributed by atoms with Crippen molar-refractivity contribution in [3.05, 3.63) is 162 Å². The number of nitrogens with zero attached hydrogens (tertiary/aromatic N) is 22. The Labute approximate surface area is 914 Å². The summed E-state index contributed by atoms with van der Waals surface area (Å²) in [5.41, 5.74) is 12.4. The van der Waals surface area contributed by atoms with Crippen molar-refractivity contribution in [3.63, 3.8) is 0 Å². The summed E-state index contributed by atoms with van der Waals surface area (Å²) in [6, 6.07) is 7.61. The van der Waals surface area contributed by atoms with Gasteiger partial charge in [-0.05, 0) is 352 Å². The van der Waals surface area contributed by atoms with Crippen molar-refractivity contribution in [1.82, 2.24) is 108 Å². The lowest BCUT2D eigenvalue weighted by atomic mass is 9.74. The molecule has 5 aliphatic carbocycles. The molecule has 0 bridgehead atoms. The van der Waals surface area contributed by atoms with E-state index in [0.717, 1.165) is 186 Å². The van der Waals surface area contributed by atoms with Crippen LogP contribution in [0.5, 0.6) is 0 Å². The van der Waals surface area contributed by atoms with E-state index < -0.39 is 0 Å². The van der Waals surface area contributed by atoms with Gasteiger partial charge in [0.25, 0.3) is 0 Å². The number of aromatic nitrogens is 18. The normalized spacial score (nSPS) is 22.6. The Morgan fingerprint density at radius 1 is 0.227 bits per heavy atom. The first-order chi connectivity index (χ1) is 71.0. The fraction of sp³-hybridized carbons (Fsp3) is 0.780. The summed E-state index contributed by atoms with van der Waals surface area (Å²) in [5.74, 6) is 15.3. The van der Waals surface area contributed by atoms with Crippen LogP contribution >= 0.6 is 0 Å². The molecule has 0 aromatic carbocycles. The van der Waals surface area contributed by atoms with Crippen molar-refractivity contribution in [2.75, 3.05) is 52.4 Å². The summed E-state index contributed by atoms with van der Waals surface area (Å²) in [4.78, 5) is 21.6. The lowest BCUT2D eigenvalue weighted by molar-refractivity contribution is -0.135. The second-order valence-electron chi connectivity index (χ2n) is 54.2. The SMILES string of the molecule is CC(C)Cc1cnn(C2CC(C(C)C)C2)c1.CC(C)Cc1cnn(C2CCC(C(C)C)C2)c1.CC(C)Cc1cnn(C2CCN(C(=O)C(C)C)CC2)c1.CC(C)Cc1cnn(C2CCN(C(C)C)CC2)c1.CC(C)Cc1cnn([C@@H]2CCN(C(C)C)C2)c1.CC(C)Cc1cnn([C@@H]2C[C@@H]2C(C)C)c1.CC(C)Cc1cnn([C@@H]2C[C@H]2C(C)C)c1.CC(C)Cc1cnn([C@H]2CCN(C(C)C)C2)c1.CC(C)Cc1cnn([C@H]2C[C@H]2C(C)C)c1. The Kier molecular flexibility index (Phi) is 49.6. The molecule has 5 saturated carbocycles. The number of rotatable bonds is 36. The first-order valence-corrected chi connectivity index (χ1v) is 60.8. The van der Waals surface area contributed by atoms with E-state index in [1.54, 1.807) is 0 Å². The summed E-state index contributed by atoms with van der Waals surface area (Å²) in [6.45, 7) is 90.3. The first-order valence-electron chi connectivity index (χ1n) is 60.8. The molecule has 23 heteroatoms. The van der Waals surface area contributed by atoms with Gasteiger partial charge in [0.2, 0.25) is 5.91 Å². The fourth-order valence-electron chi connectivity index (χ4n) is 23.5. The number of hydrogen-bond acceptors (Lipinski definition) is 13.